The first kappa shape index (κ1) is 21.7. The lowest BCUT2D eigenvalue weighted by Gasteiger charge is -2.11. The van der Waals surface area contributed by atoms with Gasteiger partial charge in [-0.25, -0.2) is 12.4 Å². The number of nitrogens with one attached hydrogen (secondary N) is 2. The summed E-state index contributed by atoms with van der Waals surface area (Å²) in [5, 5.41) is 8.19. The zero-order valence-electron chi connectivity index (χ0n) is 17.0. The second-order valence-electron chi connectivity index (χ2n) is 7.28. The van der Waals surface area contributed by atoms with Crippen LogP contribution in [0.15, 0.2) is 71.8 Å². The van der Waals surface area contributed by atoms with E-state index in [2.05, 4.69) is 10.6 Å². The van der Waals surface area contributed by atoms with Gasteiger partial charge in [-0.1, -0.05) is 41.4 Å². The lowest BCUT2D eigenvalue weighted by Crippen LogP contribution is -2.12. The van der Waals surface area contributed by atoms with Crippen LogP contribution in [-0.2, 0) is 16.6 Å². The van der Waals surface area contributed by atoms with Gasteiger partial charge in [-0.05, 0) is 67.6 Å². The van der Waals surface area contributed by atoms with Crippen LogP contribution in [0.2, 0.25) is 10.0 Å². The summed E-state index contributed by atoms with van der Waals surface area (Å²) in [5.41, 5.74) is 3.98. The molecule has 0 aliphatic heterocycles. The first-order chi connectivity index (χ1) is 14.8. The number of anilines is 2. The Hall–Kier alpha value is -2.51. The number of hydrogen-bond acceptors (Lipinski definition) is 4. The highest BCUT2D eigenvalue weighted by molar-refractivity contribution is 7.90. The van der Waals surface area contributed by atoms with E-state index in [0.29, 0.717) is 22.1 Å². The first-order valence-electron chi connectivity index (χ1n) is 9.62. The van der Waals surface area contributed by atoms with E-state index >= 15 is 0 Å². The smallest absolute Gasteiger partial charge is 0.268 e. The van der Waals surface area contributed by atoms with Gasteiger partial charge in [-0.2, -0.15) is 0 Å². The average Bonchev–Trinajstić information content (AvgIpc) is 3.09. The lowest BCUT2D eigenvalue weighted by molar-refractivity contribution is 0.589. The summed E-state index contributed by atoms with van der Waals surface area (Å²) in [6, 6.07) is 17.6. The molecule has 0 atom stereocenters. The summed E-state index contributed by atoms with van der Waals surface area (Å²) >= 11 is 12.4. The Kier molecular flexibility index (Phi) is 5.99. The maximum Gasteiger partial charge on any atom is 0.268 e. The Morgan fingerprint density at radius 3 is 2.52 bits per heavy atom. The second kappa shape index (κ2) is 8.55. The molecule has 0 amide bonds. The molecule has 2 N–H and O–H groups in total. The Morgan fingerprint density at radius 2 is 1.81 bits per heavy atom. The predicted octanol–water partition coefficient (Wildman–Crippen LogP) is 5.96. The molecular weight excluding hydrogens is 453 g/mol. The molecule has 0 radical (unpaired) electrons. The van der Waals surface area contributed by atoms with E-state index in [4.69, 9.17) is 23.2 Å². The van der Waals surface area contributed by atoms with E-state index in [9.17, 15) is 8.42 Å². The minimum Gasteiger partial charge on any atom is -0.354 e. The molecule has 0 bridgehead atoms. The van der Waals surface area contributed by atoms with Crippen LogP contribution in [0.3, 0.4) is 0 Å². The maximum absolute atomic E-state index is 13.4. The van der Waals surface area contributed by atoms with E-state index in [-0.39, 0.29) is 4.90 Å². The van der Waals surface area contributed by atoms with Gasteiger partial charge < -0.3 is 10.6 Å². The van der Waals surface area contributed by atoms with Gasteiger partial charge in [-0.15, -0.1) is 0 Å². The fourth-order valence-corrected chi connectivity index (χ4v) is 5.46. The standard InChI is InChI=1S/C23H21Cl2N3O2S/c1-15-6-9-22(21(25)10-15)27-18-7-8-20-16(13-26-2)14-28(23(20)12-18)31(29,30)19-5-3-4-17(24)11-19/h3-12,14,26-27H,13H2,1-2H3. The quantitative estimate of drug-likeness (QED) is 0.362. The maximum atomic E-state index is 13.4. The highest BCUT2D eigenvalue weighted by atomic mass is 35.5. The second-order valence-corrected chi connectivity index (χ2v) is 9.94. The van der Waals surface area contributed by atoms with Crippen molar-refractivity contribution >= 4 is 55.5 Å². The van der Waals surface area contributed by atoms with E-state index < -0.39 is 10.0 Å². The first-order valence-corrected chi connectivity index (χ1v) is 11.8. The number of halogens is 2. The van der Waals surface area contributed by atoms with Gasteiger partial charge >= 0.3 is 0 Å². The fraction of sp³-hybridized carbons (Fsp3) is 0.130. The van der Waals surface area contributed by atoms with E-state index in [1.54, 1.807) is 24.4 Å². The van der Waals surface area contributed by atoms with Gasteiger partial charge in [0, 0.05) is 28.8 Å². The minimum atomic E-state index is -3.84. The van der Waals surface area contributed by atoms with Crippen LogP contribution in [-0.4, -0.2) is 19.4 Å². The predicted molar refractivity (Wildman–Crippen MR) is 128 cm³/mol. The molecule has 8 heteroatoms. The van der Waals surface area contributed by atoms with Crippen molar-refractivity contribution in [3.05, 3.63) is 88.0 Å². The molecule has 160 valence electrons. The molecule has 1 aromatic heterocycles. The minimum absolute atomic E-state index is 0.132. The number of benzene rings is 3. The highest BCUT2D eigenvalue weighted by Crippen LogP contribution is 2.32. The fourth-order valence-electron chi connectivity index (χ4n) is 3.49. The van der Waals surface area contributed by atoms with Crippen LogP contribution in [0.1, 0.15) is 11.1 Å². The van der Waals surface area contributed by atoms with Crippen molar-refractivity contribution in [1.82, 2.24) is 9.29 Å². The molecule has 3 aromatic carbocycles. The summed E-state index contributed by atoms with van der Waals surface area (Å²) in [6.07, 6.45) is 1.65. The van der Waals surface area contributed by atoms with Crippen LogP contribution in [0.25, 0.3) is 10.9 Å². The third-order valence-corrected chi connectivity index (χ3v) is 7.20. The number of rotatable bonds is 6. The van der Waals surface area contributed by atoms with Crippen molar-refractivity contribution in [1.29, 1.82) is 0 Å². The third kappa shape index (κ3) is 4.29. The van der Waals surface area contributed by atoms with Gasteiger partial charge in [0.05, 0.1) is 21.1 Å². The average molecular weight is 474 g/mol. The third-order valence-electron chi connectivity index (χ3n) is 4.98. The van der Waals surface area contributed by atoms with Crippen molar-refractivity contribution in [2.24, 2.45) is 0 Å². The molecule has 0 unspecified atom stereocenters. The summed E-state index contributed by atoms with van der Waals surface area (Å²) in [6.45, 7) is 2.50. The number of aromatic nitrogens is 1. The monoisotopic (exact) mass is 473 g/mol. The van der Waals surface area contributed by atoms with Crippen molar-refractivity contribution in [3.63, 3.8) is 0 Å². The largest absolute Gasteiger partial charge is 0.354 e. The molecule has 0 fully saturated rings. The van der Waals surface area contributed by atoms with Crippen molar-refractivity contribution in [3.8, 4) is 0 Å². The highest BCUT2D eigenvalue weighted by Gasteiger charge is 2.22. The molecular formula is C23H21Cl2N3O2S. The molecule has 0 saturated carbocycles. The molecule has 0 aliphatic rings. The van der Waals surface area contributed by atoms with Gasteiger partial charge in [0.2, 0.25) is 0 Å². The van der Waals surface area contributed by atoms with Gasteiger partial charge in [0.25, 0.3) is 10.0 Å². The number of nitrogens with zero attached hydrogens (tertiary/aromatic N) is 1. The Morgan fingerprint density at radius 1 is 1.00 bits per heavy atom. The van der Waals surface area contributed by atoms with Crippen molar-refractivity contribution in [2.45, 2.75) is 18.4 Å². The number of fused-ring (bicyclic) bond motifs is 1. The topological polar surface area (TPSA) is 63.1 Å². The summed E-state index contributed by atoms with van der Waals surface area (Å²) in [4.78, 5) is 0.132. The number of aryl methyl sites for hydroxylation is 1. The van der Waals surface area contributed by atoms with Crippen LogP contribution < -0.4 is 10.6 Å². The van der Waals surface area contributed by atoms with Crippen molar-refractivity contribution < 1.29 is 8.42 Å². The van der Waals surface area contributed by atoms with E-state index in [1.807, 2.05) is 50.4 Å². The lowest BCUT2D eigenvalue weighted by atomic mass is 10.1. The molecule has 4 aromatic rings. The molecule has 5 nitrogen and oxygen atoms in total. The van der Waals surface area contributed by atoms with E-state index in [1.165, 1.54) is 10.0 Å². The van der Waals surface area contributed by atoms with Crippen LogP contribution >= 0.6 is 23.2 Å². The molecule has 31 heavy (non-hydrogen) atoms. The Labute approximate surface area is 191 Å². The van der Waals surface area contributed by atoms with Gasteiger partial charge in [-0.3, -0.25) is 0 Å². The SMILES string of the molecule is CNCc1cn(S(=O)(=O)c2cccc(Cl)c2)c2cc(Nc3ccc(C)cc3Cl)ccc12. The van der Waals surface area contributed by atoms with Gasteiger partial charge in [0.1, 0.15) is 0 Å². The normalized spacial score (nSPS) is 11.7. The zero-order chi connectivity index (χ0) is 22.2. The number of hydrogen-bond donors (Lipinski definition) is 2. The molecule has 4 rings (SSSR count). The molecule has 0 saturated heterocycles. The summed E-state index contributed by atoms with van der Waals surface area (Å²) in [7, 11) is -2.01. The Bertz CT molecular complexity index is 1380. The summed E-state index contributed by atoms with van der Waals surface area (Å²) in [5.74, 6) is 0. The molecule has 0 spiro atoms. The molecule has 1 heterocycles. The van der Waals surface area contributed by atoms with Crippen LogP contribution in [0.4, 0.5) is 11.4 Å². The van der Waals surface area contributed by atoms with Crippen LogP contribution in [0, 0.1) is 6.92 Å². The van der Waals surface area contributed by atoms with Gasteiger partial charge in [0.15, 0.2) is 0 Å². The zero-order valence-corrected chi connectivity index (χ0v) is 19.3. The molecule has 0 aliphatic carbocycles. The van der Waals surface area contributed by atoms with Crippen LogP contribution in [0.5, 0.6) is 0 Å². The van der Waals surface area contributed by atoms with Crippen molar-refractivity contribution in [2.75, 3.05) is 12.4 Å². The summed E-state index contributed by atoms with van der Waals surface area (Å²) < 4.78 is 28.2. The van der Waals surface area contributed by atoms with E-state index in [0.717, 1.165) is 27.9 Å². The Balaban J connectivity index is 1.85.